The van der Waals surface area contributed by atoms with Crippen LogP contribution in [0.4, 0.5) is 0 Å². The van der Waals surface area contributed by atoms with Crippen molar-refractivity contribution in [3.8, 4) is 5.75 Å². The van der Waals surface area contributed by atoms with Gasteiger partial charge in [-0.05, 0) is 54.7 Å². The summed E-state index contributed by atoms with van der Waals surface area (Å²) >= 11 is 6.10. The quantitative estimate of drug-likeness (QED) is 0.531. The molecule has 0 fully saturated rings. The van der Waals surface area contributed by atoms with Gasteiger partial charge < -0.3 is 10.1 Å². The van der Waals surface area contributed by atoms with Gasteiger partial charge in [-0.15, -0.1) is 0 Å². The summed E-state index contributed by atoms with van der Waals surface area (Å²) in [6, 6.07) is 23.6. The molecule has 3 aromatic rings. The van der Waals surface area contributed by atoms with Crippen LogP contribution in [-0.4, -0.2) is 19.1 Å². The summed E-state index contributed by atoms with van der Waals surface area (Å²) in [5, 5.41) is 3.61. The van der Waals surface area contributed by atoms with Gasteiger partial charge in [-0.3, -0.25) is 4.79 Å². The first-order valence-electron chi connectivity index (χ1n) is 9.42. The van der Waals surface area contributed by atoms with E-state index in [9.17, 15) is 4.79 Å². The summed E-state index contributed by atoms with van der Waals surface area (Å²) in [6.45, 7) is 2.76. The molecule has 0 saturated heterocycles. The molecule has 3 nitrogen and oxygen atoms in total. The van der Waals surface area contributed by atoms with Crippen molar-refractivity contribution >= 4 is 17.5 Å². The third-order valence-electron chi connectivity index (χ3n) is 4.59. The third-order valence-corrected chi connectivity index (χ3v) is 4.99. The van der Waals surface area contributed by atoms with Gasteiger partial charge in [-0.1, -0.05) is 66.2 Å². The van der Waals surface area contributed by atoms with E-state index in [1.807, 2.05) is 61.5 Å². The Bertz CT molecular complexity index is 925. The minimum absolute atomic E-state index is 0.0748. The molecule has 4 heteroatoms. The highest BCUT2D eigenvalue weighted by atomic mass is 35.5. The summed E-state index contributed by atoms with van der Waals surface area (Å²) in [4.78, 5) is 12.6. The summed E-state index contributed by atoms with van der Waals surface area (Å²) < 4.78 is 5.66. The maximum Gasteiger partial charge on any atom is 0.251 e. The number of aryl methyl sites for hydroxylation is 3. The monoisotopic (exact) mass is 393 g/mol. The van der Waals surface area contributed by atoms with Crippen molar-refractivity contribution < 1.29 is 9.53 Å². The topological polar surface area (TPSA) is 38.3 Å². The van der Waals surface area contributed by atoms with Crippen LogP contribution in [0.15, 0.2) is 72.8 Å². The second kappa shape index (κ2) is 9.95. The predicted molar refractivity (Wildman–Crippen MR) is 114 cm³/mol. The van der Waals surface area contributed by atoms with Crippen LogP contribution < -0.4 is 10.1 Å². The Balaban J connectivity index is 1.52. The molecule has 0 unspecified atom stereocenters. The highest BCUT2D eigenvalue weighted by molar-refractivity contribution is 6.31. The molecule has 3 rings (SSSR count). The van der Waals surface area contributed by atoms with Crippen LogP contribution in [0.1, 0.15) is 27.0 Å². The zero-order valence-corrected chi connectivity index (χ0v) is 16.7. The Hall–Kier alpha value is -2.78. The molecular weight excluding hydrogens is 370 g/mol. The zero-order chi connectivity index (χ0) is 19.8. The summed E-state index contributed by atoms with van der Waals surface area (Å²) in [7, 11) is 0. The lowest BCUT2D eigenvalue weighted by Gasteiger charge is -2.11. The Morgan fingerprint density at radius 2 is 1.71 bits per heavy atom. The number of benzene rings is 3. The van der Waals surface area contributed by atoms with E-state index in [1.54, 1.807) is 6.07 Å². The average molecular weight is 394 g/mol. The molecule has 0 aliphatic rings. The van der Waals surface area contributed by atoms with Crippen LogP contribution in [0.25, 0.3) is 0 Å². The number of halogens is 1. The van der Waals surface area contributed by atoms with Crippen LogP contribution in [0.3, 0.4) is 0 Å². The Morgan fingerprint density at radius 3 is 2.50 bits per heavy atom. The van der Waals surface area contributed by atoms with E-state index in [2.05, 4.69) is 17.4 Å². The SMILES string of the molecule is Cc1ccc(OCCNC(=O)c2ccccc2CCc2ccccc2)cc1Cl. The third kappa shape index (κ3) is 5.61. The lowest BCUT2D eigenvalue weighted by atomic mass is 9.99. The normalized spacial score (nSPS) is 10.5. The maximum atomic E-state index is 12.6. The second-order valence-electron chi connectivity index (χ2n) is 6.66. The molecule has 0 radical (unpaired) electrons. The number of hydrogen-bond donors (Lipinski definition) is 1. The van der Waals surface area contributed by atoms with Crippen molar-refractivity contribution in [2.24, 2.45) is 0 Å². The molecule has 144 valence electrons. The number of carbonyl (C=O) groups is 1. The minimum atomic E-state index is -0.0748. The molecule has 28 heavy (non-hydrogen) atoms. The molecule has 0 aromatic heterocycles. The Kier molecular flexibility index (Phi) is 7.10. The van der Waals surface area contributed by atoms with Gasteiger partial charge in [-0.25, -0.2) is 0 Å². The largest absolute Gasteiger partial charge is 0.492 e. The van der Waals surface area contributed by atoms with Crippen LogP contribution in [0.5, 0.6) is 5.75 Å². The van der Waals surface area contributed by atoms with Crippen molar-refractivity contribution in [2.75, 3.05) is 13.2 Å². The molecular formula is C24H24ClNO2. The second-order valence-corrected chi connectivity index (χ2v) is 7.07. The van der Waals surface area contributed by atoms with E-state index < -0.39 is 0 Å². The number of carbonyl (C=O) groups excluding carboxylic acids is 1. The van der Waals surface area contributed by atoms with E-state index in [0.717, 1.165) is 29.5 Å². The highest BCUT2D eigenvalue weighted by Crippen LogP contribution is 2.21. The molecule has 1 amide bonds. The summed E-state index contributed by atoms with van der Waals surface area (Å²) in [5.74, 6) is 0.627. The van der Waals surface area contributed by atoms with Gasteiger partial charge >= 0.3 is 0 Å². The van der Waals surface area contributed by atoms with Crippen LogP contribution in [0, 0.1) is 6.92 Å². The summed E-state index contributed by atoms with van der Waals surface area (Å²) in [6.07, 6.45) is 1.73. The number of rotatable bonds is 8. The maximum absolute atomic E-state index is 12.6. The van der Waals surface area contributed by atoms with Gasteiger partial charge in [0.1, 0.15) is 12.4 Å². The van der Waals surface area contributed by atoms with Gasteiger partial charge in [0, 0.05) is 10.6 Å². The molecule has 0 heterocycles. The first-order chi connectivity index (χ1) is 13.6. The zero-order valence-electron chi connectivity index (χ0n) is 16.0. The van der Waals surface area contributed by atoms with Crippen molar-refractivity contribution in [3.05, 3.63) is 100 Å². The lowest BCUT2D eigenvalue weighted by Crippen LogP contribution is -2.29. The van der Waals surface area contributed by atoms with Gasteiger partial charge in [0.25, 0.3) is 5.91 Å². The Morgan fingerprint density at radius 1 is 0.964 bits per heavy atom. The molecule has 0 bridgehead atoms. The first-order valence-corrected chi connectivity index (χ1v) is 9.80. The molecule has 1 N–H and O–H groups in total. The van der Waals surface area contributed by atoms with E-state index in [4.69, 9.17) is 16.3 Å². The average Bonchev–Trinajstić information content (AvgIpc) is 2.73. The van der Waals surface area contributed by atoms with E-state index in [-0.39, 0.29) is 5.91 Å². The van der Waals surface area contributed by atoms with Gasteiger partial charge in [0.15, 0.2) is 0 Å². The fraction of sp³-hybridized carbons (Fsp3) is 0.208. The van der Waals surface area contributed by atoms with Gasteiger partial charge in [0.05, 0.1) is 6.54 Å². The Labute approximate surface area is 171 Å². The highest BCUT2D eigenvalue weighted by Gasteiger charge is 2.10. The van der Waals surface area contributed by atoms with E-state index >= 15 is 0 Å². The molecule has 0 aliphatic heterocycles. The van der Waals surface area contributed by atoms with Crippen molar-refractivity contribution in [2.45, 2.75) is 19.8 Å². The fourth-order valence-electron chi connectivity index (χ4n) is 2.98. The predicted octanol–water partition coefficient (Wildman–Crippen LogP) is 5.24. The fourth-order valence-corrected chi connectivity index (χ4v) is 3.15. The first kappa shape index (κ1) is 20.0. The van der Waals surface area contributed by atoms with Crippen LogP contribution in [-0.2, 0) is 12.8 Å². The van der Waals surface area contributed by atoms with Crippen LogP contribution >= 0.6 is 11.6 Å². The minimum Gasteiger partial charge on any atom is -0.492 e. The smallest absolute Gasteiger partial charge is 0.251 e. The lowest BCUT2D eigenvalue weighted by molar-refractivity contribution is 0.0946. The van der Waals surface area contributed by atoms with Gasteiger partial charge in [-0.2, -0.15) is 0 Å². The van der Waals surface area contributed by atoms with Gasteiger partial charge in [0.2, 0.25) is 0 Å². The van der Waals surface area contributed by atoms with E-state index in [1.165, 1.54) is 5.56 Å². The summed E-state index contributed by atoms with van der Waals surface area (Å²) in [5.41, 5.74) is 4.05. The van der Waals surface area contributed by atoms with Crippen molar-refractivity contribution in [1.29, 1.82) is 0 Å². The molecule has 0 spiro atoms. The number of amides is 1. The van der Waals surface area contributed by atoms with E-state index in [0.29, 0.717) is 23.9 Å². The number of ether oxygens (including phenoxy) is 1. The number of nitrogens with one attached hydrogen (secondary N) is 1. The molecule has 3 aromatic carbocycles. The molecule has 0 atom stereocenters. The van der Waals surface area contributed by atoms with Crippen LogP contribution in [0.2, 0.25) is 5.02 Å². The van der Waals surface area contributed by atoms with Crippen molar-refractivity contribution in [3.63, 3.8) is 0 Å². The number of hydrogen-bond acceptors (Lipinski definition) is 2. The van der Waals surface area contributed by atoms with Crippen molar-refractivity contribution in [1.82, 2.24) is 5.32 Å². The standard InChI is InChI=1S/C24H24ClNO2/c1-18-11-14-21(17-23(18)25)28-16-15-26-24(27)22-10-6-5-9-20(22)13-12-19-7-3-2-4-8-19/h2-11,14,17H,12-13,15-16H2,1H3,(H,26,27). The molecule has 0 saturated carbocycles. The molecule has 0 aliphatic carbocycles.